The molecule has 0 aliphatic heterocycles. The summed E-state index contributed by atoms with van der Waals surface area (Å²) in [4.78, 5) is 0. The molecule has 0 heterocycles. The largest absolute Gasteiger partial charge is 0.497 e. The number of hydrogen-bond donors (Lipinski definition) is 1. The lowest BCUT2D eigenvalue weighted by Gasteiger charge is -2.20. The number of benzene rings is 2. The van der Waals surface area contributed by atoms with Crippen LogP contribution < -0.4 is 10.1 Å². The van der Waals surface area contributed by atoms with Crippen molar-refractivity contribution >= 4 is 15.9 Å². The van der Waals surface area contributed by atoms with Gasteiger partial charge in [-0.15, -0.1) is 0 Å². The van der Waals surface area contributed by atoms with Crippen LogP contribution in [0.3, 0.4) is 0 Å². The van der Waals surface area contributed by atoms with Gasteiger partial charge in [0.2, 0.25) is 0 Å². The molecule has 112 valence electrons. The number of methoxy groups -OCH3 is 1. The smallest absolute Gasteiger partial charge is 0.132 e. The summed E-state index contributed by atoms with van der Waals surface area (Å²) in [6, 6.07) is 8.66. The van der Waals surface area contributed by atoms with Gasteiger partial charge in [0.1, 0.15) is 17.4 Å². The van der Waals surface area contributed by atoms with Gasteiger partial charge in [0.15, 0.2) is 0 Å². The van der Waals surface area contributed by atoms with Crippen molar-refractivity contribution in [3.63, 3.8) is 0 Å². The van der Waals surface area contributed by atoms with E-state index in [1.165, 1.54) is 19.2 Å². The van der Waals surface area contributed by atoms with Crippen LogP contribution in [0.2, 0.25) is 0 Å². The summed E-state index contributed by atoms with van der Waals surface area (Å²) in [5.41, 5.74) is 0.782. The molecular formula is C16H16BrF2NO. The quantitative estimate of drug-likeness (QED) is 0.856. The van der Waals surface area contributed by atoms with Crippen molar-refractivity contribution in [2.45, 2.75) is 13.0 Å². The fourth-order valence-corrected chi connectivity index (χ4v) is 2.58. The highest BCUT2D eigenvalue weighted by Gasteiger charge is 2.21. The molecule has 2 aromatic rings. The highest BCUT2D eigenvalue weighted by molar-refractivity contribution is 9.10. The summed E-state index contributed by atoms with van der Waals surface area (Å²) >= 11 is 3.32. The van der Waals surface area contributed by atoms with Gasteiger partial charge >= 0.3 is 0 Å². The van der Waals surface area contributed by atoms with Crippen molar-refractivity contribution < 1.29 is 13.5 Å². The molecule has 0 aliphatic rings. The topological polar surface area (TPSA) is 21.3 Å². The van der Waals surface area contributed by atoms with Crippen LogP contribution in [-0.4, -0.2) is 13.7 Å². The van der Waals surface area contributed by atoms with Gasteiger partial charge in [-0.2, -0.15) is 0 Å². The fourth-order valence-electron chi connectivity index (χ4n) is 2.20. The van der Waals surface area contributed by atoms with E-state index in [-0.39, 0.29) is 5.82 Å². The minimum absolute atomic E-state index is 0.376. The number of nitrogens with one attached hydrogen (secondary N) is 1. The molecular weight excluding hydrogens is 340 g/mol. The Bertz CT molecular complexity index is 634. The van der Waals surface area contributed by atoms with Crippen molar-refractivity contribution in [3.05, 3.63) is 63.6 Å². The van der Waals surface area contributed by atoms with Crippen molar-refractivity contribution in [2.24, 2.45) is 0 Å². The molecule has 2 nitrogen and oxygen atoms in total. The summed E-state index contributed by atoms with van der Waals surface area (Å²) in [5, 5.41) is 3.12. The van der Waals surface area contributed by atoms with E-state index < -0.39 is 11.9 Å². The zero-order valence-corrected chi connectivity index (χ0v) is 13.4. The Balaban J connectivity index is 2.50. The Morgan fingerprint density at radius 1 is 1.10 bits per heavy atom. The molecule has 21 heavy (non-hydrogen) atoms. The Morgan fingerprint density at radius 2 is 1.86 bits per heavy atom. The third kappa shape index (κ3) is 3.60. The third-order valence-corrected chi connectivity index (χ3v) is 3.69. The molecule has 0 aromatic heterocycles. The lowest BCUT2D eigenvalue weighted by Crippen LogP contribution is -2.24. The Morgan fingerprint density at radius 3 is 2.48 bits per heavy atom. The van der Waals surface area contributed by atoms with Crippen LogP contribution in [0.4, 0.5) is 8.78 Å². The Labute approximate surface area is 131 Å². The first-order valence-corrected chi connectivity index (χ1v) is 7.38. The van der Waals surface area contributed by atoms with Crippen LogP contribution in [-0.2, 0) is 0 Å². The minimum atomic E-state index is -0.557. The van der Waals surface area contributed by atoms with Crippen molar-refractivity contribution in [3.8, 4) is 5.75 Å². The molecule has 0 fully saturated rings. The number of halogens is 3. The van der Waals surface area contributed by atoms with E-state index in [0.29, 0.717) is 23.4 Å². The summed E-state index contributed by atoms with van der Waals surface area (Å²) in [6.07, 6.45) is 0. The molecule has 2 aromatic carbocycles. The molecule has 0 radical (unpaired) electrons. The molecule has 0 aliphatic carbocycles. The monoisotopic (exact) mass is 355 g/mol. The first kappa shape index (κ1) is 15.9. The van der Waals surface area contributed by atoms with Gasteiger partial charge in [0, 0.05) is 21.7 Å². The SMILES string of the molecule is CCNC(c1ccc(OC)cc1F)c1cc(Br)ccc1F. The van der Waals surface area contributed by atoms with E-state index in [2.05, 4.69) is 21.2 Å². The zero-order valence-electron chi connectivity index (χ0n) is 11.8. The standard InChI is InChI=1S/C16H16BrF2NO/c1-3-20-16(13-8-10(17)4-7-14(13)18)12-6-5-11(21-2)9-15(12)19/h4-9,16,20H,3H2,1-2H3. The van der Waals surface area contributed by atoms with Gasteiger partial charge in [0.25, 0.3) is 0 Å². The second kappa shape index (κ2) is 7.00. The van der Waals surface area contributed by atoms with E-state index in [9.17, 15) is 8.78 Å². The van der Waals surface area contributed by atoms with Gasteiger partial charge in [-0.3, -0.25) is 0 Å². The van der Waals surface area contributed by atoms with Crippen LogP contribution >= 0.6 is 15.9 Å². The van der Waals surface area contributed by atoms with Crippen LogP contribution in [0.15, 0.2) is 40.9 Å². The number of hydrogen-bond acceptors (Lipinski definition) is 2. The Hall–Kier alpha value is -1.46. The lowest BCUT2D eigenvalue weighted by atomic mass is 9.97. The van der Waals surface area contributed by atoms with Gasteiger partial charge in [-0.1, -0.05) is 28.9 Å². The summed E-state index contributed by atoms with van der Waals surface area (Å²) in [6.45, 7) is 2.48. The van der Waals surface area contributed by atoms with E-state index in [1.54, 1.807) is 24.3 Å². The molecule has 0 saturated carbocycles. The van der Waals surface area contributed by atoms with Crippen LogP contribution in [0.25, 0.3) is 0 Å². The van der Waals surface area contributed by atoms with E-state index in [0.717, 1.165) is 4.47 Å². The van der Waals surface area contributed by atoms with Crippen molar-refractivity contribution in [1.29, 1.82) is 0 Å². The fraction of sp³-hybridized carbons (Fsp3) is 0.250. The van der Waals surface area contributed by atoms with Crippen LogP contribution in [0.5, 0.6) is 5.75 Å². The van der Waals surface area contributed by atoms with Gasteiger partial charge in [0.05, 0.1) is 13.2 Å². The highest BCUT2D eigenvalue weighted by atomic mass is 79.9. The minimum Gasteiger partial charge on any atom is -0.497 e. The van der Waals surface area contributed by atoms with E-state index in [1.807, 2.05) is 6.92 Å². The zero-order chi connectivity index (χ0) is 15.4. The molecule has 2 rings (SSSR count). The molecule has 1 unspecified atom stereocenters. The first-order valence-electron chi connectivity index (χ1n) is 6.58. The maximum atomic E-state index is 14.3. The normalized spacial score (nSPS) is 12.2. The molecule has 0 bridgehead atoms. The maximum Gasteiger partial charge on any atom is 0.132 e. The number of ether oxygens (including phenoxy) is 1. The average molecular weight is 356 g/mol. The molecule has 0 amide bonds. The van der Waals surface area contributed by atoms with Gasteiger partial charge in [-0.25, -0.2) is 8.78 Å². The van der Waals surface area contributed by atoms with E-state index >= 15 is 0 Å². The number of rotatable bonds is 5. The summed E-state index contributed by atoms with van der Waals surface area (Å²) in [5.74, 6) is -0.375. The second-order valence-electron chi connectivity index (χ2n) is 4.54. The van der Waals surface area contributed by atoms with Crippen molar-refractivity contribution in [1.82, 2.24) is 5.32 Å². The molecule has 5 heteroatoms. The summed E-state index contributed by atoms with van der Waals surface area (Å²) in [7, 11) is 1.48. The summed E-state index contributed by atoms with van der Waals surface area (Å²) < 4.78 is 34.1. The van der Waals surface area contributed by atoms with Crippen molar-refractivity contribution in [2.75, 3.05) is 13.7 Å². The van der Waals surface area contributed by atoms with Crippen LogP contribution in [0.1, 0.15) is 24.1 Å². The lowest BCUT2D eigenvalue weighted by molar-refractivity contribution is 0.410. The third-order valence-electron chi connectivity index (χ3n) is 3.20. The second-order valence-corrected chi connectivity index (χ2v) is 5.46. The van der Waals surface area contributed by atoms with Gasteiger partial charge in [-0.05, 0) is 30.8 Å². The molecule has 0 saturated heterocycles. The molecule has 1 N–H and O–H groups in total. The maximum absolute atomic E-state index is 14.3. The predicted molar refractivity (Wildman–Crippen MR) is 82.6 cm³/mol. The predicted octanol–water partition coefficient (Wildman–Crippen LogP) is 4.43. The highest BCUT2D eigenvalue weighted by Crippen LogP contribution is 2.30. The van der Waals surface area contributed by atoms with E-state index in [4.69, 9.17) is 4.74 Å². The van der Waals surface area contributed by atoms with Gasteiger partial charge < -0.3 is 10.1 Å². The molecule has 0 spiro atoms. The first-order chi connectivity index (χ1) is 10.1. The molecule has 1 atom stereocenters. The van der Waals surface area contributed by atoms with Crippen LogP contribution in [0, 0.1) is 11.6 Å². The Kier molecular flexibility index (Phi) is 5.31. The average Bonchev–Trinajstić information content (AvgIpc) is 2.48.